The first kappa shape index (κ1) is 26.6. The summed E-state index contributed by atoms with van der Waals surface area (Å²) in [6.07, 6.45) is 6.96. The van der Waals surface area contributed by atoms with E-state index >= 15 is 0 Å². The summed E-state index contributed by atoms with van der Waals surface area (Å²) >= 11 is 0. The first-order chi connectivity index (χ1) is 18.0. The average molecular weight is 514 g/mol. The molecule has 2 fully saturated rings. The number of esters is 1. The molecule has 0 amide bonds. The van der Waals surface area contributed by atoms with E-state index in [0.29, 0.717) is 12.3 Å². The molecule has 0 bridgehead atoms. The van der Waals surface area contributed by atoms with Crippen molar-refractivity contribution in [3.05, 3.63) is 71.4 Å². The van der Waals surface area contributed by atoms with Crippen molar-refractivity contribution in [3.63, 3.8) is 0 Å². The Labute approximate surface area is 226 Å². The van der Waals surface area contributed by atoms with Gasteiger partial charge in [-0.05, 0) is 66.0 Å². The van der Waals surface area contributed by atoms with Crippen molar-refractivity contribution >= 4 is 22.9 Å². The van der Waals surface area contributed by atoms with E-state index in [4.69, 9.17) is 19.2 Å². The topological polar surface area (TPSA) is 57.7 Å². The lowest BCUT2D eigenvalue weighted by Gasteiger charge is -2.39. The second-order valence-electron chi connectivity index (χ2n) is 12.1. The number of nitrogens with zero attached hydrogens (tertiary/aromatic N) is 1. The maximum Gasteiger partial charge on any atom is 0.308 e. The first-order valence-corrected chi connectivity index (χ1v) is 13.7. The van der Waals surface area contributed by atoms with E-state index < -0.39 is 11.4 Å². The number of para-hydroxylation sites is 1. The van der Waals surface area contributed by atoms with Gasteiger partial charge in [0.25, 0.3) is 0 Å². The van der Waals surface area contributed by atoms with Crippen molar-refractivity contribution in [2.45, 2.75) is 96.7 Å². The Kier molecular flexibility index (Phi) is 7.19. The molecule has 0 unspecified atom stereocenters. The van der Waals surface area contributed by atoms with E-state index in [9.17, 15) is 4.79 Å². The summed E-state index contributed by atoms with van der Waals surface area (Å²) < 4.78 is 17.9. The van der Waals surface area contributed by atoms with Gasteiger partial charge in [-0.25, -0.2) is 0 Å². The lowest BCUT2D eigenvalue weighted by molar-refractivity contribution is -0.290. The zero-order valence-electron chi connectivity index (χ0n) is 23.4. The number of benzene rings is 2. The van der Waals surface area contributed by atoms with Gasteiger partial charge in [0.1, 0.15) is 5.60 Å². The van der Waals surface area contributed by atoms with Gasteiger partial charge in [-0.1, -0.05) is 60.2 Å². The predicted molar refractivity (Wildman–Crippen MR) is 152 cm³/mol. The molecule has 5 nitrogen and oxygen atoms in total. The molecule has 5 rings (SSSR count). The molecule has 200 valence electrons. The molecule has 1 saturated heterocycles. The Morgan fingerprint density at radius 3 is 2.47 bits per heavy atom. The second-order valence-corrected chi connectivity index (χ2v) is 12.1. The Morgan fingerprint density at radius 2 is 1.79 bits per heavy atom. The Bertz CT molecular complexity index is 1350. The highest BCUT2D eigenvalue weighted by Gasteiger charge is 2.36. The van der Waals surface area contributed by atoms with Crippen LogP contribution in [0.3, 0.4) is 0 Å². The lowest BCUT2D eigenvalue weighted by Crippen LogP contribution is -2.45. The van der Waals surface area contributed by atoms with Crippen LogP contribution in [-0.2, 0) is 19.0 Å². The van der Waals surface area contributed by atoms with E-state index in [1.807, 2.05) is 34.6 Å². The predicted octanol–water partition coefficient (Wildman–Crippen LogP) is 7.74. The van der Waals surface area contributed by atoms with Crippen LogP contribution in [0.1, 0.15) is 83.0 Å². The number of pyridine rings is 1. The molecule has 2 heterocycles. The Balaban J connectivity index is 1.51. The van der Waals surface area contributed by atoms with Gasteiger partial charge in [0.2, 0.25) is 0 Å². The van der Waals surface area contributed by atoms with Gasteiger partial charge in [0.15, 0.2) is 5.79 Å². The smallest absolute Gasteiger partial charge is 0.308 e. The maximum atomic E-state index is 12.5. The van der Waals surface area contributed by atoms with Crippen LogP contribution in [0, 0.1) is 6.92 Å². The molecule has 0 spiro atoms. The number of hydrogen-bond donors (Lipinski definition) is 0. The third-order valence-electron chi connectivity index (χ3n) is 6.94. The van der Waals surface area contributed by atoms with E-state index in [1.54, 1.807) is 0 Å². The Hall–Kier alpha value is -3.02. The highest BCUT2D eigenvalue weighted by molar-refractivity contribution is 5.99. The summed E-state index contributed by atoms with van der Waals surface area (Å²) in [7, 11) is 0. The van der Waals surface area contributed by atoms with Gasteiger partial charge in [-0.3, -0.25) is 9.78 Å². The van der Waals surface area contributed by atoms with Crippen molar-refractivity contribution in [1.29, 1.82) is 0 Å². The summed E-state index contributed by atoms with van der Waals surface area (Å²) in [5.74, 6) is -0.574. The molecule has 2 aromatic carbocycles. The normalized spacial score (nSPS) is 21.6. The largest absolute Gasteiger partial charge is 0.460 e. The second kappa shape index (κ2) is 10.3. The van der Waals surface area contributed by atoms with Crippen LogP contribution in [0.25, 0.3) is 28.1 Å². The van der Waals surface area contributed by atoms with Gasteiger partial charge in [0.05, 0.1) is 29.8 Å². The fourth-order valence-electron chi connectivity index (χ4n) is 5.28. The number of carbonyl (C=O) groups is 1. The first-order valence-electron chi connectivity index (χ1n) is 13.7. The van der Waals surface area contributed by atoms with Crippen LogP contribution in [0.4, 0.5) is 0 Å². The molecular formula is C33H39NO4. The number of aromatic nitrogens is 1. The van der Waals surface area contributed by atoms with E-state index in [2.05, 4.69) is 67.6 Å². The van der Waals surface area contributed by atoms with Crippen LogP contribution < -0.4 is 0 Å². The number of aryl methyl sites for hydroxylation is 1. The third kappa shape index (κ3) is 6.33. The molecule has 5 heteroatoms. The van der Waals surface area contributed by atoms with Gasteiger partial charge < -0.3 is 14.2 Å². The number of hydrogen-bond acceptors (Lipinski definition) is 5. The van der Waals surface area contributed by atoms with Crippen molar-refractivity contribution in [2.24, 2.45) is 0 Å². The lowest BCUT2D eigenvalue weighted by atomic mass is 9.91. The molecule has 0 radical (unpaired) electrons. The van der Waals surface area contributed by atoms with Crippen molar-refractivity contribution < 1.29 is 19.0 Å². The molecule has 1 aliphatic carbocycles. The van der Waals surface area contributed by atoms with Crippen molar-refractivity contribution in [1.82, 2.24) is 4.98 Å². The monoisotopic (exact) mass is 513 g/mol. The maximum absolute atomic E-state index is 12.5. The van der Waals surface area contributed by atoms with Crippen LogP contribution in [0.5, 0.6) is 0 Å². The summed E-state index contributed by atoms with van der Waals surface area (Å²) in [4.78, 5) is 17.7. The highest BCUT2D eigenvalue weighted by atomic mass is 16.7. The van der Waals surface area contributed by atoms with Crippen LogP contribution >= 0.6 is 0 Å². The fraction of sp³-hybridized carbons (Fsp3) is 0.455. The molecule has 1 aliphatic heterocycles. The fourth-order valence-corrected chi connectivity index (χ4v) is 5.28. The molecule has 38 heavy (non-hydrogen) atoms. The minimum absolute atomic E-state index is 0.199. The molecule has 2 atom stereocenters. The SMILES string of the molecule is Cc1ccc(-c2c(/C=C/[C@@H]3C[C@H](CC(=O)OC(C)(C)C)OC(C)(C)O3)c(C3CC3)nc3ccccc23)cc1. The van der Waals surface area contributed by atoms with E-state index in [-0.39, 0.29) is 24.6 Å². The summed E-state index contributed by atoms with van der Waals surface area (Å²) in [5.41, 5.74) is 6.46. The number of rotatable bonds is 6. The van der Waals surface area contributed by atoms with Crippen LogP contribution in [-0.4, -0.2) is 34.5 Å². The van der Waals surface area contributed by atoms with Gasteiger partial charge in [-0.15, -0.1) is 0 Å². The molecule has 2 aliphatic rings. The number of ether oxygens (including phenoxy) is 3. The van der Waals surface area contributed by atoms with E-state index in [0.717, 1.165) is 35.0 Å². The van der Waals surface area contributed by atoms with Crippen molar-refractivity contribution in [3.8, 4) is 11.1 Å². The van der Waals surface area contributed by atoms with Crippen molar-refractivity contribution in [2.75, 3.05) is 0 Å². The standard InChI is InChI=1S/C33H39NO4/c1-21-11-13-22(14-12-21)30-26-9-7-8-10-28(26)34-31(23-15-16-23)27(30)18-17-24-19-25(37-33(5,6)36-24)20-29(35)38-32(2,3)4/h7-14,17-18,23-25H,15-16,19-20H2,1-6H3/b18-17+/t24-,25-/m1/s1. The van der Waals surface area contributed by atoms with Crippen LogP contribution in [0.2, 0.25) is 0 Å². The zero-order chi connectivity index (χ0) is 27.1. The Morgan fingerprint density at radius 1 is 1.08 bits per heavy atom. The highest BCUT2D eigenvalue weighted by Crippen LogP contribution is 2.45. The zero-order valence-corrected chi connectivity index (χ0v) is 23.4. The quantitative estimate of drug-likeness (QED) is 0.316. The molecule has 1 saturated carbocycles. The van der Waals surface area contributed by atoms with Crippen LogP contribution in [0.15, 0.2) is 54.6 Å². The van der Waals surface area contributed by atoms with Gasteiger partial charge >= 0.3 is 5.97 Å². The minimum Gasteiger partial charge on any atom is -0.460 e. The summed E-state index contributed by atoms with van der Waals surface area (Å²) in [5, 5.41) is 1.15. The molecule has 0 N–H and O–H groups in total. The van der Waals surface area contributed by atoms with Gasteiger partial charge in [0, 0.05) is 28.9 Å². The third-order valence-corrected chi connectivity index (χ3v) is 6.94. The molecular weight excluding hydrogens is 474 g/mol. The number of carbonyl (C=O) groups excluding carboxylic acids is 1. The minimum atomic E-state index is -0.805. The van der Waals surface area contributed by atoms with E-state index in [1.165, 1.54) is 16.7 Å². The molecule has 1 aromatic heterocycles. The molecule has 3 aromatic rings. The summed E-state index contributed by atoms with van der Waals surface area (Å²) in [6.45, 7) is 11.6. The summed E-state index contributed by atoms with van der Waals surface area (Å²) in [6, 6.07) is 17.2. The number of fused-ring (bicyclic) bond motifs is 1. The average Bonchev–Trinajstić information content (AvgIpc) is 3.66. The van der Waals surface area contributed by atoms with Gasteiger partial charge in [-0.2, -0.15) is 0 Å².